The summed E-state index contributed by atoms with van der Waals surface area (Å²) in [6, 6.07) is 19.1. The Kier molecular flexibility index (Phi) is 16.5. The molecule has 0 aliphatic carbocycles. The van der Waals surface area contributed by atoms with Gasteiger partial charge in [0.2, 0.25) is 21.8 Å². The van der Waals surface area contributed by atoms with E-state index in [-0.39, 0.29) is 62.8 Å². The minimum absolute atomic E-state index is 0.0679. The van der Waals surface area contributed by atoms with Gasteiger partial charge in [-0.25, -0.2) is 17.9 Å². The molecule has 0 heterocycles. The van der Waals surface area contributed by atoms with Gasteiger partial charge in [-0.05, 0) is 43.0 Å². The largest absolute Gasteiger partial charge is 0.445 e. The highest BCUT2D eigenvalue weighted by Crippen LogP contribution is 2.30. The summed E-state index contributed by atoms with van der Waals surface area (Å²) < 4.78 is 45.0. The van der Waals surface area contributed by atoms with Crippen molar-refractivity contribution in [3.05, 3.63) is 84.9 Å². The molecule has 0 radical (unpaired) electrons. The Labute approximate surface area is 288 Å². The van der Waals surface area contributed by atoms with Crippen LogP contribution in [0.25, 0.3) is 10.8 Å². The van der Waals surface area contributed by atoms with Crippen LogP contribution in [0, 0.1) is 0 Å². The third kappa shape index (κ3) is 13.5. The lowest BCUT2D eigenvalue weighted by Crippen LogP contribution is -2.47. The summed E-state index contributed by atoms with van der Waals surface area (Å²) >= 11 is 0. The second-order valence-electron chi connectivity index (χ2n) is 11.2. The quantitative estimate of drug-likeness (QED) is 0.0913. The molecule has 0 unspecified atom stereocenters. The number of alkyl carbamates (subject to hydrolysis) is 1. The van der Waals surface area contributed by atoms with Gasteiger partial charge in [-0.3, -0.25) is 9.59 Å². The van der Waals surface area contributed by atoms with Crippen molar-refractivity contribution in [3.63, 3.8) is 0 Å². The maximum Gasteiger partial charge on any atom is 0.408 e. The van der Waals surface area contributed by atoms with Crippen LogP contribution in [0.1, 0.15) is 24.8 Å². The molecular weight excluding hydrogens is 650 g/mol. The minimum Gasteiger partial charge on any atom is -0.445 e. The van der Waals surface area contributed by atoms with E-state index in [2.05, 4.69) is 27.3 Å². The van der Waals surface area contributed by atoms with Gasteiger partial charge < -0.3 is 35.1 Å². The fourth-order valence-electron chi connectivity index (χ4n) is 4.84. The molecule has 1 atom stereocenters. The van der Waals surface area contributed by atoms with Crippen LogP contribution in [-0.4, -0.2) is 92.5 Å². The zero-order chi connectivity index (χ0) is 35.5. The van der Waals surface area contributed by atoms with Crippen molar-refractivity contribution in [2.45, 2.75) is 36.8 Å². The van der Waals surface area contributed by atoms with Gasteiger partial charge in [0.15, 0.2) is 0 Å². The van der Waals surface area contributed by atoms with Crippen LogP contribution < -0.4 is 25.6 Å². The number of rotatable bonds is 22. The number of benzene rings is 3. The standard InChI is InChI=1S/C35H47N5O8S/c1-4-33(41)36-19-9-8-16-30(39-35(43)48-26-27-12-6-5-7-13-27)34(42)37-20-22-46-24-25-47-23-21-38-49(44,45)32-18-11-14-28-29(32)15-10-17-31(28)40(2)3/h4-7,10-15,17-18,30,38H,1,8-9,16,19-26H2,2-3H3,(H,36,41)(H,37,42)(H,39,43)/t30-/m0/s1. The molecule has 13 nitrogen and oxygen atoms in total. The van der Waals surface area contributed by atoms with Gasteiger partial charge in [-0.2, -0.15) is 0 Å². The first-order valence-corrected chi connectivity index (χ1v) is 17.6. The molecular formula is C35H47N5O8S. The van der Waals surface area contributed by atoms with E-state index in [0.29, 0.717) is 31.2 Å². The van der Waals surface area contributed by atoms with Crippen molar-refractivity contribution >= 4 is 44.4 Å². The van der Waals surface area contributed by atoms with Crippen LogP contribution in [0.4, 0.5) is 10.5 Å². The molecule has 0 aliphatic heterocycles. The van der Waals surface area contributed by atoms with Crippen molar-refractivity contribution in [2.24, 2.45) is 0 Å². The lowest BCUT2D eigenvalue weighted by atomic mass is 10.1. The first-order chi connectivity index (χ1) is 23.6. The number of carbonyl (C=O) groups is 3. The van der Waals surface area contributed by atoms with Crippen molar-refractivity contribution in [1.82, 2.24) is 20.7 Å². The van der Waals surface area contributed by atoms with E-state index in [1.807, 2.05) is 67.5 Å². The molecule has 0 saturated carbocycles. The van der Waals surface area contributed by atoms with Crippen molar-refractivity contribution in [3.8, 4) is 0 Å². The summed E-state index contributed by atoms with van der Waals surface area (Å²) in [4.78, 5) is 38.8. The smallest absolute Gasteiger partial charge is 0.408 e. The number of unbranched alkanes of at least 4 members (excludes halogenated alkanes) is 1. The molecule has 3 aromatic rings. The molecule has 0 bridgehead atoms. The number of hydrogen-bond donors (Lipinski definition) is 4. The molecule has 0 aromatic heterocycles. The first kappa shape index (κ1) is 38.9. The number of ether oxygens (including phenoxy) is 3. The molecule has 4 N–H and O–H groups in total. The third-order valence-electron chi connectivity index (χ3n) is 7.31. The van der Waals surface area contributed by atoms with E-state index in [1.54, 1.807) is 18.2 Å². The number of hydrogen-bond acceptors (Lipinski definition) is 9. The number of sulfonamides is 1. The number of anilines is 1. The monoisotopic (exact) mass is 697 g/mol. The zero-order valence-corrected chi connectivity index (χ0v) is 28.9. The Hall–Kier alpha value is -4.50. The second-order valence-corrected chi connectivity index (χ2v) is 12.9. The predicted molar refractivity (Wildman–Crippen MR) is 189 cm³/mol. The van der Waals surface area contributed by atoms with Crippen molar-refractivity contribution in [1.29, 1.82) is 0 Å². The maximum absolute atomic E-state index is 13.0. The highest BCUT2D eigenvalue weighted by Gasteiger charge is 2.21. The Morgan fingerprint density at radius 1 is 0.816 bits per heavy atom. The third-order valence-corrected chi connectivity index (χ3v) is 8.83. The van der Waals surface area contributed by atoms with Crippen LogP contribution in [0.15, 0.2) is 84.3 Å². The molecule has 3 amide bonds. The molecule has 0 spiro atoms. The fourth-order valence-corrected chi connectivity index (χ4v) is 6.07. The highest BCUT2D eigenvalue weighted by atomic mass is 32.2. The summed E-state index contributed by atoms with van der Waals surface area (Å²) in [5.41, 5.74) is 1.75. The van der Waals surface area contributed by atoms with Crippen LogP contribution >= 0.6 is 0 Å². The van der Waals surface area contributed by atoms with E-state index >= 15 is 0 Å². The Morgan fingerprint density at radius 2 is 1.51 bits per heavy atom. The molecule has 0 fully saturated rings. The highest BCUT2D eigenvalue weighted by molar-refractivity contribution is 7.89. The first-order valence-electron chi connectivity index (χ1n) is 16.1. The van der Waals surface area contributed by atoms with Crippen molar-refractivity contribution < 1.29 is 37.0 Å². The molecule has 266 valence electrons. The average molecular weight is 698 g/mol. The predicted octanol–water partition coefficient (Wildman–Crippen LogP) is 3.10. The van der Waals surface area contributed by atoms with E-state index in [0.717, 1.165) is 16.6 Å². The lowest BCUT2D eigenvalue weighted by molar-refractivity contribution is -0.123. The van der Waals surface area contributed by atoms with Crippen LogP contribution in [0.3, 0.4) is 0 Å². The summed E-state index contributed by atoms with van der Waals surface area (Å²) in [7, 11) is 0.0596. The molecule has 14 heteroatoms. The SMILES string of the molecule is C=CC(=O)NCCCC[C@H](NC(=O)OCc1ccccc1)C(=O)NCCOCCOCCNS(=O)(=O)c1cccc2c(N(C)C)cccc12. The second kappa shape index (κ2) is 20.8. The van der Waals surface area contributed by atoms with Gasteiger partial charge in [0, 0.05) is 50.2 Å². The zero-order valence-electron chi connectivity index (χ0n) is 28.1. The van der Waals surface area contributed by atoms with Crippen molar-refractivity contribution in [2.75, 3.05) is 65.1 Å². The molecule has 0 aliphatic rings. The van der Waals surface area contributed by atoms with Crippen LogP contribution in [-0.2, 0) is 40.4 Å². The normalized spacial score (nSPS) is 11.8. The van der Waals surface area contributed by atoms with Gasteiger partial charge >= 0.3 is 6.09 Å². The summed E-state index contributed by atoms with van der Waals surface area (Å²) in [5, 5.41) is 9.55. The molecule has 3 rings (SSSR count). The Morgan fingerprint density at radius 3 is 2.22 bits per heavy atom. The number of amides is 3. The Bertz CT molecular complexity index is 1620. The topological polar surface area (TPSA) is 164 Å². The lowest BCUT2D eigenvalue weighted by Gasteiger charge is -2.18. The van der Waals surface area contributed by atoms with E-state index in [1.165, 1.54) is 6.08 Å². The van der Waals surface area contributed by atoms with E-state index in [4.69, 9.17) is 14.2 Å². The van der Waals surface area contributed by atoms with Gasteiger partial charge in [0.05, 0.1) is 31.3 Å². The average Bonchev–Trinajstić information content (AvgIpc) is 3.10. The van der Waals surface area contributed by atoms with Crippen LogP contribution in [0.5, 0.6) is 0 Å². The summed E-state index contributed by atoms with van der Waals surface area (Å²) in [5.74, 6) is -0.661. The van der Waals surface area contributed by atoms with Crippen LogP contribution in [0.2, 0.25) is 0 Å². The minimum atomic E-state index is -3.76. The number of carbonyl (C=O) groups excluding carboxylic acids is 3. The number of nitrogens with zero attached hydrogens (tertiary/aromatic N) is 1. The molecule has 49 heavy (non-hydrogen) atoms. The Balaban J connectivity index is 1.34. The van der Waals surface area contributed by atoms with E-state index in [9.17, 15) is 22.8 Å². The fraction of sp³-hybridized carbons (Fsp3) is 0.400. The molecule has 3 aromatic carbocycles. The molecule has 0 saturated heterocycles. The number of fused-ring (bicyclic) bond motifs is 1. The van der Waals surface area contributed by atoms with Gasteiger partial charge in [-0.1, -0.05) is 61.2 Å². The summed E-state index contributed by atoms with van der Waals surface area (Å²) in [6.45, 7) is 5.01. The maximum atomic E-state index is 13.0. The summed E-state index contributed by atoms with van der Waals surface area (Å²) in [6.07, 6.45) is 1.99. The van der Waals surface area contributed by atoms with Gasteiger partial charge in [-0.15, -0.1) is 0 Å². The van der Waals surface area contributed by atoms with Gasteiger partial charge in [0.25, 0.3) is 0 Å². The van der Waals surface area contributed by atoms with E-state index < -0.39 is 22.2 Å². The van der Waals surface area contributed by atoms with Gasteiger partial charge in [0.1, 0.15) is 12.6 Å². The number of nitrogens with one attached hydrogen (secondary N) is 4.